The number of fused-ring (bicyclic) bond motifs is 1. The second-order valence-electron chi connectivity index (χ2n) is 5.87. The predicted molar refractivity (Wildman–Crippen MR) is 85.6 cm³/mol. The molecule has 4 rings (SSSR count). The molecule has 0 N–H and O–H groups in total. The van der Waals surface area contributed by atoms with Crippen molar-refractivity contribution >= 4 is 21.0 Å². The summed E-state index contributed by atoms with van der Waals surface area (Å²) in [6.07, 6.45) is 4.59. The van der Waals surface area contributed by atoms with Gasteiger partial charge in [-0.2, -0.15) is 9.29 Å². The van der Waals surface area contributed by atoms with Gasteiger partial charge in [0.25, 0.3) is 10.0 Å². The summed E-state index contributed by atoms with van der Waals surface area (Å²) in [6.45, 7) is 0.415. The van der Waals surface area contributed by atoms with Crippen LogP contribution in [0.3, 0.4) is 0 Å². The maximum atomic E-state index is 13.2. The first-order valence-electron chi connectivity index (χ1n) is 7.93. The molecule has 1 atom stereocenters. The number of rotatable bonds is 3. The molecule has 1 aromatic carbocycles. The lowest BCUT2D eigenvalue weighted by Gasteiger charge is -2.25. The zero-order valence-electron chi connectivity index (χ0n) is 13.0. The molecular formula is C16H17N3O4S. The van der Waals surface area contributed by atoms with E-state index in [2.05, 4.69) is 10.1 Å². The van der Waals surface area contributed by atoms with Crippen LogP contribution >= 0.6 is 0 Å². The standard InChI is InChI=1S/C16H17N3O4S/c20-24(21,15-10-12-6-3-4-8-14(12)23-15)19-9-5-1-2-7-13(19)16-17-11-22-18-16/h3-4,6,8,10-11,13H,1-2,5,7,9H2. The first-order chi connectivity index (χ1) is 11.7. The van der Waals surface area contributed by atoms with Crippen molar-refractivity contribution in [1.29, 1.82) is 0 Å². The number of sulfonamides is 1. The van der Waals surface area contributed by atoms with Gasteiger partial charge in [0, 0.05) is 18.0 Å². The van der Waals surface area contributed by atoms with E-state index in [-0.39, 0.29) is 5.09 Å². The Labute approximate surface area is 139 Å². The van der Waals surface area contributed by atoms with E-state index in [0.29, 0.717) is 24.4 Å². The average molecular weight is 347 g/mol. The van der Waals surface area contributed by atoms with Gasteiger partial charge in [-0.3, -0.25) is 0 Å². The fourth-order valence-corrected chi connectivity index (χ4v) is 4.76. The summed E-state index contributed by atoms with van der Waals surface area (Å²) in [7, 11) is -3.78. The number of para-hydroxylation sites is 1. The summed E-state index contributed by atoms with van der Waals surface area (Å²) in [6, 6.07) is 8.40. The molecule has 0 saturated carbocycles. The van der Waals surface area contributed by atoms with Gasteiger partial charge in [0.05, 0.1) is 6.04 Å². The quantitative estimate of drug-likeness (QED) is 0.723. The van der Waals surface area contributed by atoms with Crippen LogP contribution in [0.15, 0.2) is 50.8 Å². The molecule has 3 aromatic rings. The van der Waals surface area contributed by atoms with Crippen molar-refractivity contribution in [3.8, 4) is 0 Å². The smallest absolute Gasteiger partial charge is 0.277 e. The molecule has 8 heteroatoms. The Morgan fingerprint density at radius 2 is 2.04 bits per heavy atom. The van der Waals surface area contributed by atoms with Crippen LogP contribution in [0.4, 0.5) is 0 Å². The molecule has 1 fully saturated rings. The van der Waals surface area contributed by atoms with Crippen molar-refractivity contribution < 1.29 is 17.4 Å². The number of nitrogens with zero attached hydrogens (tertiary/aromatic N) is 3. The summed E-state index contributed by atoms with van der Waals surface area (Å²) in [5.41, 5.74) is 0.557. The maximum Gasteiger partial charge on any atom is 0.277 e. The summed E-state index contributed by atoms with van der Waals surface area (Å²) >= 11 is 0. The van der Waals surface area contributed by atoms with E-state index in [9.17, 15) is 8.42 Å². The molecule has 0 bridgehead atoms. The topological polar surface area (TPSA) is 89.4 Å². The van der Waals surface area contributed by atoms with E-state index in [0.717, 1.165) is 24.6 Å². The van der Waals surface area contributed by atoms with Gasteiger partial charge in [0.2, 0.25) is 11.5 Å². The molecule has 2 aromatic heterocycles. The van der Waals surface area contributed by atoms with Gasteiger partial charge in [-0.1, -0.05) is 36.2 Å². The minimum Gasteiger partial charge on any atom is -0.443 e. The SMILES string of the molecule is O=S(=O)(c1cc2ccccc2o1)N1CCCCCC1c1ncon1. The summed E-state index contributed by atoms with van der Waals surface area (Å²) in [5.74, 6) is 0.400. The molecule has 0 aliphatic carbocycles. The molecule has 24 heavy (non-hydrogen) atoms. The second-order valence-corrected chi connectivity index (χ2v) is 7.70. The number of benzene rings is 1. The third kappa shape index (κ3) is 2.61. The van der Waals surface area contributed by atoms with E-state index in [1.165, 1.54) is 10.7 Å². The molecule has 0 spiro atoms. The average Bonchev–Trinajstić information content (AvgIpc) is 3.19. The first kappa shape index (κ1) is 15.3. The van der Waals surface area contributed by atoms with Crippen molar-refractivity contribution in [3.63, 3.8) is 0 Å². The second kappa shape index (κ2) is 6.03. The van der Waals surface area contributed by atoms with E-state index in [1.807, 2.05) is 18.2 Å². The minimum absolute atomic E-state index is 0.0425. The zero-order chi connectivity index (χ0) is 16.6. The van der Waals surface area contributed by atoms with E-state index in [4.69, 9.17) is 8.94 Å². The van der Waals surface area contributed by atoms with Crippen molar-refractivity contribution in [1.82, 2.24) is 14.4 Å². The Bertz CT molecular complexity index is 900. The molecule has 1 unspecified atom stereocenters. The van der Waals surface area contributed by atoms with Crippen molar-refractivity contribution in [2.75, 3.05) is 6.54 Å². The largest absolute Gasteiger partial charge is 0.443 e. The van der Waals surface area contributed by atoms with E-state index >= 15 is 0 Å². The van der Waals surface area contributed by atoms with Gasteiger partial charge in [-0.05, 0) is 18.9 Å². The zero-order valence-corrected chi connectivity index (χ0v) is 13.8. The van der Waals surface area contributed by atoms with Crippen LogP contribution in [0.2, 0.25) is 0 Å². The van der Waals surface area contributed by atoms with Gasteiger partial charge < -0.3 is 8.94 Å². The van der Waals surface area contributed by atoms with Crippen LogP contribution in [0.1, 0.15) is 37.5 Å². The lowest BCUT2D eigenvalue weighted by molar-refractivity contribution is 0.296. The molecule has 126 valence electrons. The summed E-state index contributed by atoms with van der Waals surface area (Å²) in [5, 5.41) is 4.58. The normalized spacial score (nSPS) is 20.2. The molecule has 7 nitrogen and oxygen atoms in total. The molecular weight excluding hydrogens is 330 g/mol. The number of hydrogen-bond acceptors (Lipinski definition) is 6. The molecule has 0 amide bonds. The molecule has 1 aliphatic rings. The number of aromatic nitrogens is 2. The molecule has 1 saturated heterocycles. The highest BCUT2D eigenvalue weighted by Gasteiger charge is 2.37. The Morgan fingerprint density at radius 1 is 1.17 bits per heavy atom. The Morgan fingerprint density at radius 3 is 2.83 bits per heavy atom. The first-order valence-corrected chi connectivity index (χ1v) is 9.37. The maximum absolute atomic E-state index is 13.2. The highest BCUT2D eigenvalue weighted by atomic mass is 32.2. The van der Waals surface area contributed by atoms with Gasteiger partial charge in [0.15, 0.2) is 5.82 Å². The molecule has 3 heterocycles. The number of furan rings is 1. The fraction of sp³-hybridized carbons (Fsp3) is 0.375. The Hall–Kier alpha value is -2.19. The lowest BCUT2D eigenvalue weighted by atomic mass is 10.1. The third-order valence-corrected chi connectivity index (χ3v) is 6.11. The number of hydrogen-bond donors (Lipinski definition) is 0. The third-order valence-electron chi connectivity index (χ3n) is 4.35. The van der Waals surface area contributed by atoms with Gasteiger partial charge in [0.1, 0.15) is 5.58 Å². The molecule has 0 radical (unpaired) electrons. The monoisotopic (exact) mass is 347 g/mol. The van der Waals surface area contributed by atoms with Crippen LogP contribution in [0.5, 0.6) is 0 Å². The van der Waals surface area contributed by atoms with Crippen molar-refractivity contribution in [2.24, 2.45) is 0 Å². The highest BCUT2D eigenvalue weighted by molar-refractivity contribution is 7.89. The Kier molecular flexibility index (Phi) is 3.85. The van der Waals surface area contributed by atoms with Gasteiger partial charge in [-0.15, -0.1) is 0 Å². The minimum atomic E-state index is -3.78. The highest BCUT2D eigenvalue weighted by Crippen LogP contribution is 2.34. The van der Waals surface area contributed by atoms with Gasteiger partial charge in [-0.25, -0.2) is 8.42 Å². The van der Waals surface area contributed by atoms with Crippen LogP contribution in [-0.2, 0) is 10.0 Å². The van der Waals surface area contributed by atoms with E-state index < -0.39 is 16.1 Å². The van der Waals surface area contributed by atoms with E-state index in [1.54, 1.807) is 12.1 Å². The van der Waals surface area contributed by atoms with Crippen LogP contribution < -0.4 is 0 Å². The lowest BCUT2D eigenvalue weighted by Crippen LogP contribution is -2.35. The van der Waals surface area contributed by atoms with Crippen LogP contribution in [-0.4, -0.2) is 29.4 Å². The molecule has 1 aliphatic heterocycles. The Balaban J connectivity index is 1.77. The van der Waals surface area contributed by atoms with Crippen molar-refractivity contribution in [3.05, 3.63) is 42.5 Å². The summed E-state index contributed by atoms with van der Waals surface area (Å²) in [4.78, 5) is 4.07. The fourth-order valence-electron chi connectivity index (χ4n) is 3.15. The van der Waals surface area contributed by atoms with Crippen LogP contribution in [0, 0.1) is 0 Å². The van der Waals surface area contributed by atoms with Crippen LogP contribution in [0.25, 0.3) is 11.0 Å². The van der Waals surface area contributed by atoms with Crippen molar-refractivity contribution in [2.45, 2.75) is 36.8 Å². The summed E-state index contributed by atoms with van der Waals surface area (Å²) < 4.78 is 38.2. The predicted octanol–water partition coefficient (Wildman–Crippen LogP) is 3.12. The van der Waals surface area contributed by atoms with Gasteiger partial charge >= 0.3 is 0 Å².